The van der Waals surface area contributed by atoms with E-state index >= 15 is 0 Å². The van der Waals surface area contributed by atoms with Crippen LogP contribution in [0.2, 0.25) is 15.1 Å². The van der Waals surface area contributed by atoms with Crippen LogP contribution in [-0.2, 0) is 16.2 Å². The van der Waals surface area contributed by atoms with Crippen LogP contribution in [0.1, 0.15) is 11.1 Å². The van der Waals surface area contributed by atoms with E-state index in [1.807, 2.05) is 18.2 Å². The topological polar surface area (TPSA) is 79.8 Å². The van der Waals surface area contributed by atoms with Crippen molar-refractivity contribution in [3.63, 3.8) is 0 Å². The van der Waals surface area contributed by atoms with Crippen molar-refractivity contribution in [2.24, 2.45) is 5.10 Å². The van der Waals surface area contributed by atoms with Crippen molar-refractivity contribution in [1.82, 2.24) is 5.43 Å². The van der Waals surface area contributed by atoms with Crippen molar-refractivity contribution in [2.75, 3.05) is 5.32 Å². The van der Waals surface area contributed by atoms with Gasteiger partial charge in [0.15, 0.2) is 0 Å². The van der Waals surface area contributed by atoms with Crippen molar-refractivity contribution in [3.05, 3.63) is 92.9 Å². The number of nitrogens with zero attached hydrogens (tertiary/aromatic N) is 1. The van der Waals surface area contributed by atoms with Crippen LogP contribution in [0, 0.1) is 0 Å². The highest BCUT2D eigenvalue weighted by Crippen LogP contribution is 2.25. The maximum atomic E-state index is 12.0. The van der Waals surface area contributed by atoms with Crippen molar-refractivity contribution < 1.29 is 14.3 Å². The second-order valence-electron chi connectivity index (χ2n) is 6.24. The summed E-state index contributed by atoms with van der Waals surface area (Å²) in [5.41, 5.74) is 4.08. The zero-order valence-electron chi connectivity index (χ0n) is 15.9. The molecule has 0 aromatic heterocycles. The minimum atomic E-state index is -0.943. The van der Waals surface area contributed by atoms with E-state index in [4.69, 9.17) is 39.5 Å². The van der Waals surface area contributed by atoms with Crippen molar-refractivity contribution >= 4 is 58.5 Å². The van der Waals surface area contributed by atoms with Gasteiger partial charge in [-0.1, -0.05) is 59.1 Å². The molecule has 0 spiro atoms. The fraction of sp³-hybridized carbons (Fsp3) is 0.0455. The smallest absolute Gasteiger partial charge is 0.329 e. The number of rotatable bonds is 6. The van der Waals surface area contributed by atoms with Gasteiger partial charge in [-0.3, -0.25) is 9.59 Å². The summed E-state index contributed by atoms with van der Waals surface area (Å²) in [6.45, 7) is 0.334. The lowest BCUT2D eigenvalue weighted by atomic mass is 10.2. The number of benzene rings is 3. The highest BCUT2D eigenvalue weighted by atomic mass is 35.5. The van der Waals surface area contributed by atoms with E-state index in [2.05, 4.69) is 15.8 Å². The van der Waals surface area contributed by atoms with Gasteiger partial charge in [0.1, 0.15) is 12.4 Å². The number of para-hydroxylation sites is 1. The molecule has 0 fully saturated rings. The maximum absolute atomic E-state index is 12.0. The Balaban J connectivity index is 1.57. The first kappa shape index (κ1) is 22.6. The summed E-state index contributed by atoms with van der Waals surface area (Å²) in [5, 5.41) is 7.49. The Morgan fingerprint density at radius 2 is 1.65 bits per heavy atom. The molecule has 0 saturated carbocycles. The van der Waals surface area contributed by atoms with Gasteiger partial charge < -0.3 is 10.1 Å². The summed E-state index contributed by atoms with van der Waals surface area (Å²) in [6.07, 6.45) is 1.39. The number of amides is 2. The number of anilines is 1. The van der Waals surface area contributed by atoms with Gasteiger partial charge in [-0.05, 0) is 48.0 Å². The second-order valence-corrected chi connectivity index (χ2v) is 7.49. The van der Waals surface area contributed by atoms with E-state index in [0.717, 1.165) is 5.56 Å². The van der Waals surface area contributed by atoms with Crippen LogP contribution in [0.5, 0.6) is 5.75 Å². The minimum Gasteiger partial charge on any atom is -0.488 e. The van der Waals surface area contributed by atoms with Crippen LogP contribution >= 0.6 is 34.8 Å². The van der Waals surface area contributed by atoms with E-state index in [0.29, 0.717) is 33.7 Å². The van der Waals surface area contributed by atoms with Gasteiger partial charge in [0, 0.05) is 16.3 Å². The van der Waals surface area contributed by atoms with Crippen molar-refractivity contribution in [2.45, 2.75) is 6.61 Å². The third-order valence-corrected chi connectivity index (χ3v) is 4.97. The molecule has 2 N–H and O–H groups in total. The molecular formula is C22H16Cl3N3O3. The number of hydrogen-bond donors (Lipinski definition) is 2. The van der Waals surface area contributed by atoms with E-state index in [9.17, 15) is 9.59 Å². The summed E-state index contributed by atoms with van der Waals surface area (Å²) < 4.78 is 5.82. The quantitative estimate of drug-likeness (QED) is 0.287. The summed E-state index contributed by atoms with van der Waals surface area (Å²) in [5.74, 6) is -1.28. The molecule has 0 aliphatic carbocycles. The Morgan fingerprint density at radius 3 is 2.39 bits per heavy atom. The molecule has 31 heavy (non-hydrogen) atoms. The normalized spacial score (nSPS) is 10.7. The summed E-state index contributed by atoms with van der Waals surface area (Å²) in [6, 6.07) is 18.9. The highest BCUT2D eigenvalue weighted by Gasteiger charge is 2.13. The van der Waals surface area contributed by atoms with Gasteiger partial charge in [-0.25, -0.2) is 5.43 Å². The Bertz CT molecular complexity index is 1120. The van der Waals surface area contributed by atoms with Crippen LogP contribution in [0.3, 0.4) is 0 Å². The largest absolute Gasteiger partial charge is 0.488 e. The zero-order chi connectivity index (χ0) is 22.2. The maximum Gasteiger partial charge on any atom is 0.329 e. The molecule has 0 aliphatic rings. The molecule has 0 unspecified atom stereocenters. The molecule has 6 nitrogen and oxygen atoms in total. The summed E-state index contributed by atoms with van der Waals surface area (Å²) in [7, 11) is 0. The molecule has 0 atom stereocenters. The van der Waals surface area contributed by atoms with Crippen molar-refractivity contribution in [1.29, 1.82) is 0 Å². The van der Waals surface area contributed by atoms with Crippen LogP contribution in [-0.4, -0.2) is 18.0 Å². The van der Waals surface area contributed by atoms with Gasteiger partial charge in [-0.15, -0.1) is 0 Å². The molecule has 0 radical (unpaired) electrons. The number of hydrogen-bond acceptors (Lipinski definition) is 4. The van der Waals surface area contributed by atoms with E-state index in [1.165, 1.54) is 24.4 Å². The van der Waals surface area contributed by atoms with E-state index < -0.39 is 11.8 Å². The molecule has 3 rings (SSSR count). The van der Waals surface area contributed by atoms with Gasteiger partial charge in [0.05, 0.1) is 16.3 Å². The van der Waals surface area contributed by atoms with Crippen LogP contribution in [0.4, 0.5) is 5.69 Å². The third kappa shape index (κ3) is 6.72. The monoisotopic (exact) mass is 475 g/mol. The standard InChI is InChI=1S/C22H16Cl3N3O3/c23-16-7-5-14(6-8-16)13-31-20-4-2-1-3-15(20)12-26-28-22(30)21(29)27-17-9-10-18(24)19(25)11-17/h1-12H,13H2,(H,27,29)(H,28,30)/b26-12+. The molecule has 9 heteroatoms. The van der Waals surface area contributed by atoms with E-state index in [-0.39, 0.29) is 5.02 Å². The van der Waals surface area contributed by atoms with Gasteiger partial charge in [0.2, 0.25) is 0 Å². The van der Waals surface area contributed by atoms with Gasteiger partial charge in [0.25, 0.3) is 0 Å². The SMILES string of the molecule is O=C(N/N=C/c1ccccc1OCc1ccc(Cl)cc1)C(=O)Nc1ccc(Cl)c(Cl)c1. The Hall–Kier alpha value is -3.06. The first-order valence-corrected chi connectivity index (χ1v) is 10.1. The summed E-state index contributed by atoms with van der Waals surface area (Å²) >= 11 is 17.6. The first-order chi connectivity index (χ1) is 14.9. The van der Waals surface area contributed by atoms with Crippen LogP contribution < -0.4 is 15.5 Å². The van der Waals surface area contributed by atoms with Gasteiger partial charge >= 0.3 is 11.8 Å². The predicted molar refractivity (Wildman–Crippen MR) is 123 cm³/mol. The number of carbonyl (C=O) groups excluding carboxylic acids is 2. The Kier molecular flexibility index (Phi) is 7.89. The second kappa shape index (κ2) is 10.8. The molecule has 0 saturated heterocycles. The number of carbonyl (C=O) groups is 2. The van der Waals surface area contributed by atoms with Gasteiger partial charge in [-0.2, -0.15) is 5.10 Å². The van der Waals surface area contributed by atoms with Crippen LogP contribution in [0.15, 0.2) is 71.8 Å². The minimum absolute atomic E-state index is 0.258. The Morgan fingerprint density at radius 1 is 0.903 bits per heavy atom. The average molecular weight is 477 g/mol. The van der Waals surface area contributed by atoms with Crippen molar-refractivity contribution in [3.8, 4) is 5.75 Å². The average Bonchev–Trinajstić information content (AvgIpc) is 2.76. The molecule has 3 aromatic rings. The lowest BCUT2D eigenvalue weighted by Gasteiger charge is -2.09. The fourth-order valence-corrected chi connectivity index (χ4v) is 2.86. The molecule has 0 aliphatic heterocycles. The highest BCUT2D eigenvalue weighted by molar-refractivity contribution is 6.43. The predicted octanol–water partition coefficient (Wildman–Crippen LogP) is 5.31. The summed E-state index contributed by atoms with van der Waals surface area (Å²) in [4.78, 5) is 24.0. The van der Waals surface area contributed by atoms with E-state index in [1.54, 1.807) is 30.3 Å². The molecule has 0 heterocycles. The third-order valence-electron chi connectivity index (χ3n) is 3.98. The molecule has 0 bridgehead atoms. The molecule has 2 amide bonds. The molecule has 158 valence electrons. The molecular weight excluding hydrogens is 461 g/mol. The number of nitrogens with one attached hydrogen (secondary N) is 2. The number of hydrazone groups is 1. The molecule has 3 aromatic carbocycles. The van der Waals surface area contributed by atoms with Crippen LogP contribution in [0.25, 0.3) is 0 Å². The fourth-order valence-electron chi connectivity index (χ4n) is 2.43. The zero-order valence-corrected chi connectivity index (χ0v) is 18.2. The number of halogens is 3. The Labute approximate surface area is 193 Å². The first-order valence-electron chi connectivity index (χ1n) is 8.98. The number of ether oxygens (including phenoxy) is 1. The lowest BCUT2D eigenvalue weighted by molar-refractivity contribution is -0.136. The lowest BCUT2D eigenvalue weighted by Crippen LogP contribution is -2.32.